The maximum absolute atomic E-state index is 12.5. The number of carbonyl (C=O) groups is 2. The molecule has 2 aromatic rings. The summed E-state index contributed by atoms with van der Waals surface area (Å²) in [5.41, 5.74) is 7.11. The highest BCUT2D eigenvalue weighted by molar-refractivity contribution is 7.80. The number of nitrogens with one attached hydrogen (secondary N) is 3. The fourth-order valence-electron chi connectivity index (χ4n) is 2.59. The molecule has 29 heavy (non-hydrogen) atoms. The minimum atomic E-state index is -0.0969. The van der Waals surface area contributed by atoms with Crippen molar-refractivity contribution in [1.29, 1.82) is 0 Å². The zero-order chi connectivity index (χ0) is 20.9. The van der Waals surface area contributed by atoms with E-state index in [1.807, 2.05) is 36.4 Å². The Kier molecular flexibility index (Phi) is 9.47. The van der Waals surface area contributed by atoms with Gasteiger partial charge in [-0.3, -0.25) is 20.4 Å². The van der Waals surface area contributed by atoms with E-state index in [1.165, 1.54) is 0 Å². The van der Waals surface area contributed by atoms with Crippen LogP contribution in [0.25, 0.3) is 0 Å². The van der Waals surface area contributed by atoms with Gasteiger partial charge in [0.2, 0.25) is 11.0 Å². The van der Waals surface area contributed by atoms with Gasteiger partial charge in [-0.05, 0) is 30.6 Å². The van der Waals surface area contributed by atoms with Gasteiger partial charge in [0.1, 0.15) is 0 Å². The van der Waals surface area contributed by atoms with Crippen LogP contribution >= 0.6 is 12.2 Å². The van der Waals surface area contributed by atoms with Gasteiger partial charge in [-0.2, -0.15) is 5.10 Å². The molecule has 0 aliphatic heterocycles. The van der Waals surface area contributed by atoms with Crippen LogP contribution in [-0.4, -0.2) is 29.1 Å². The highest BCUT2D eigenvalue weighted by Crippen LogP contribution is 2.07. The minimum Gasteiger partial charge on any atom is -0.356 e. The molecular formula is C21H25N5O2S. The number of hydrazine groups is 1. The standard InChI is InChI=1S/C21H25N5O2S/c22-24-21(29)26-25-18(15-19(27)17-9-5-2-6-10-17)11-12-20(28)23-14-13-16-7-3-1-4-8-16/h1-10H,11-15,22H2,(H,23,28)(H2,24,26,29)/b25-18+. The predicted molar refractivity (Wildman–Crippen MR) is 118 cm³/mol. The molecule has 0 aliphatic rings. The number of hydrogen-bond donors (Lipinski definition) is 4. The van der Waals surface area contributed by atoms with E-state index in [2.05, 4.69) is 21.3 Å². The first-order chi connectivity index (χ1) is 14.1. The maximum atomic E-state index is 12.5. The van der Waals surface area contributed by atoms with E-state index in [4.69, 9.17) is 18.1 Å². The number of benzene rings is 2. The SMILES string of the molecule is NNC(=S)N/N=C(\CCC(=O)NCCc1ccccc1)CC(=O)c1ccccc1. The number of nitrogens with two attached hydrogens (primary N) is 1. The van der Waals surface area contributed by atoms with Crippen molar-refractivity contribution < 1.29 is 9.59 Å². The van der Waals surface area contributed by atoms with Crippen molar-refractivity contribution in [2.75, 3.05) is 6.54 Å². The van der Waals surface area contributed by atoms with Crippen molar-refractivity contribution in [1.82, 2.24) is 16.2 Å². The van der Waals surface area contributed by atoms with E-state index in [-0.39, 0.29) is 29.6 Å². The Bertz CT molecular complexity index is 841. The van der Waals surface area contributed by atoms with Crippen LogP contribution in [0.5, 0.6) is 0 Å². The minimum absolute atomic E-state index is 0.0812. The van der Waals surface area contributed by atoms with Crippen molar-refractivity contribution in [3.8, 4) is 0 Å². The van der Waals surface area contributed by atoms with Crippen molar-refractivity contribution in [2.45, 2.75) is 25.7 Å². The van der Waals surface area contributed by atoms with E-state index >= 15 is 0 Å². The topological polar surface area (TPSA) is 109 Å². The number of Topliss-reactive ketones (excluding diaryl/α,β-unsaturated/α-hetero) is 1. The van der Waals surface area contributed by atoms with E-state index < -0.39 is 0 Å². The normalized spacial score (nSPS) is 10.9. The molecule has 2 rings (SSSR count). The van der Waals surface area contributed by atoms with Gasteiger partial charge in [-0.25, -0.2) is 5.84 Å². The van der Waals surface area contributed by atoms with Crippen LogP contribution in [0.2, 0.25) is 0 Å². The van der Waals surface area contributed by atoms with Gasteiger partial charge in [0.05, 0.1) is 6.42 Å². The Morgan fingerprint density at radius 1 is 0.966 bits per heavy atom. The number of thiocarbonyl (C=S) groups is 1. The van der Waals surface area contributed by atoms with Crippen molar-refractivity contribution in [3.63, 3.8) is 0 Å². The molecule has 2 aromatic carbocycles. The second kappa shape index (κ2) is 12.4. The van der Waals surface area contributed by atoms with E-state index in [1.54, 1.807) is 24.3 Å². The summed E-state index contributed by atoms with van der Waals surface area (Å²) in [7, 11) is 0. The molecule has 0 aromatic heterocycles. The predicted octanol–water partition coefficient (Wildman–Crippen LogP) is 2.09. The number of amides is 1. The highest BCUT2D eigenvalue weighted by atomic mass is 32.1. The first-order valence-electron chi connectivity index (χ1n) is 9.29. The molecule has 0 radical (unpaired) electrons. The van der Waals surface area contributed by atoms with Crippen LogP contribution in [-0.2, 0) is 11.2 Å². The molecular weight excluding hydrogens is 386 g/mol. The summed E-state index contributed by atoms with van der Waals surface area (Å²) in [5.74, 6) is 5.04. The largest absolute Gasteiger partial charge is 0.356 e. The van der Waals surface area contributed by atoms with Gasteiger partial charge in [-0.15, -0.1) is 0 Å². The Labute approximate surface area is 175 Å². The van der Waals surface area contributed by atoms with E-state index in [9.17, 15) is 9.59 Å². The molecule has 5 N–H and O–H groups in total. The molecule has 0 unspecified atom stereocenters. The molecule has 0 atom stereocenters. The number of hydrazone groups is 1. The van der Waals surface area contributed by atoms with Gasteiger partial charge >= 0.3 is 0 Å². The second-order valence-corrected chi connectivity index (χ2v) is 6.72. The highest BCUT2D eigenvalue weighted by Gasteiger charge is 2.12. The van der Waals surface area contributed by atoms with Gasteiger partial charge in [0.25, 0.3) is 0 Å². The number of hydrogen-bond acceptors (Lipinski definition) is 5. The molecule has 1 amide bonds. The van der Waals surface area contributed by atoms with Crippen molar-refractivity contribution >= 4 is 34.7 Å². The molecule has 0 fully saturated rings. The average Bonchev–Trinajstić information content (AvgIpc) is 2.76. The molecule has 0 aliphatic carbocycles. The van der Waals surface area contributed by atoms with Crippen LogP contribution in [0.15, 0.2) is 65.8 Å². The lowest BCUT2D eigenvalue weighted by Crippen LogP contribution is -2.37. The quantitative estimate of drug-likeness (QED) is 0.157. The van der Waals surface area contributed by atoms with Crippen LogP contribution in [0.4, 0.5) is 0 Å². The summed E-state index contributed by atoms with van der Waals surface area (Å²) in [6.07, 6.45) is 1.40. The van der Waals surface area contributed by atoms with Gasteiger partial charge in [0, 0.05) is 24.2 Å². The average molecular weight is 412 g/mol. The lowest BCUT2D eigenvalue weighted by atomic mass is 10.0. The molecule has 0 heterocycles. The Morgan fingerprint density at radius 2 is 1.62 bits per heavy atom. The fraction of sp³-hybridized carbons (Fsp3) is 0.238. The third-order valence-electron chi connectivity index (χ3n) is 4.13. The number of rotatable bonds is 10. The van der Waals surface area contributed by atoms with Gasteiger partial charge < -0.3 is 5.32 Å². The zero-order valence-electron chi connectivity index (χ0n) is 16.1. The van der Waals surface area contributed by atoms with Crippen molar-refractivity contribution in [3.05, 3.63) is 71.8 Å². The van der Waals surface area contributed by atoms with Crippen LogP contribution in [0, 0.1) is 0 Å². The monoisotopic (exact) mass is 411 g/mol. The molecule has 0 bridgehead atoms. The first-order valence-corrected chi connectivity index (χ1v) is 9.70. The lowest BCUT2D eigenvalue weighted by Gasteiger charge is -2.09. The summed E-state index contributed by atoms with van der Waals surface area (Å²) >= 11 is 4.90. The summed E-state index contributed by atoms with van der Waals surface area (Å²) in [5, 5.41) is 7.16. The Morgan fingerprint density at radius 3 is 2.28 bits per heavy atom. The van der Waals surface area contributed by atoms with Gasteiger partial charge in [-0.1, -0.05) is 60.7 Å². The Hall–Kier alpha value is -3.10. The van der Waals surface area contributed by atoms with Crippen molar-refractivity contribution in [2.24, 2.45) is 10.9 Å². The third kappa shape index (κ3) is 8.63. The molecule has 0 spiro atoms. The molecule has 0 saturated heterocycles. The van der Waals surface area contributed by atoms with Gasteiger partial charge in [0.15, 0.2) is 5.78 Å². The summed E-state index contributed by atoms with van der Waals surface area (Å²) < 4.78 is 0. The smallest absolute Gasteiger partial charge is 0.220 e. The molecule has 0 saturated carbocycles. The van der Waals surface area contributed by atoms with Crippen LogP contribution in [0.1, 0.15) is 35.2 Å². The molecule has 152 valence electrons. The third-order valence-corrected chi connectivity index (χ3v) is 4.34. The number of ketones is 1. The van der Waals surface area contributed by atoms with Crippen LogP contribution in [0.3, 0.4) is 0 Å². The zero-order valence-corrected chi connectivity index (χ0v) is 16.9. The fourth-order valence-corrected chi connectivity index (χ4v) is 2.64. The Balaban J connectivity index is 1.86. The second-order valence-electron chi connectivity index (χ2n) is 6.31. The molecule has 8 heteroatoms. The maximum Gasteiger partial charge on any atom is 0.220 e. The molecule has 7 nitrogen and oxygen atoms in total. The van der Waals surface area contributed by atoms with Crippen LogP contribution < -0.4 is 22.0 Å². The summed E-state index contributed by atoms with van der Waals surface area (Å²) in [4.78, 5) is 24.6. The number of carbonyl (C=O) groups excluding carboxylic acids is 2. The number of nitrogens with zero attached hydrogens (tertiary/aromatic N) is 1. The van der Waals surface area contributed by atoms with E-state index in [0.717, 1.165) is 12.0 Å². The van der Waals surface area contributed by atoms with E-state index in [0.29, 0.717) is 24.2 Å². The lowest BCUT2D eigenvalue weighted by molar-refractivity contribution is -0.120. The summed E-state index contributed by atoms with van der Waals surface area (Å²) in [6.45, 7) is 0.553. The first kappa shape index (κ1) is 22.2. The summed E-state index contributed by atoms with van der Waals surface area (Å²) in [6, 6.07) is 18.9.